The van der Waals surface area contributed by atoms with Gasteiger partial charge in [-0.15, -0.1) is 0 Å². The lowest BCUT2D eigenvalue weighted by Crippen LogP contribution is -2.26. The van der Waals surface area contributed by atoms with Gasteiger partial charge in [0.15, 0.2) is 17.1 Å². The third kappa shape index (κ3) is 4.18. The fraction of sp³-hybridized carbons (Fsp3) is 0.346. The summed E-state index contributed by atoms with van der Waals surface area (Å²) < 4.78 is 27.5. The highest BCUT2D eigenvalue weighted by atomic mass is 16.5. The maximum atomic E-state index is 12.6. The first-order valence-corrected chi connectivity index (χ1v) is 11.2. The zero-order valence-electron chi connectivity index (χ0n) is 20.3. The van der Waals surface area contributed by atoms with Gasteiger partial charge < -0.3 is 28.7 Å². The number of fused-ring (bicyclic) bond motifs is 4. The van der Waals surface area contributed by atoms with E-state index in [4.69, 9.17) is 23.4 Å². The van der Waals surface area contributed by atoms with Crippen LogP contribution < -0.4 is 25.2 Å². The summed E-state index contributed by atoms with van der Waals surface area (Å²) in [5, 5.41) is 3.01. The summed E-state index contributed by atoms with van der Waals surface area (Å²) in [6.45, 7) is 3.23. The average Bonchev–Trinajstić information content (AvgIpc) is 2.94. The summed E-state index contributed by atoms with van der Waals surface area (Å²) in [5.74, 6) is 0.636. The van der Waals surface area contributed by atoms with Gasteiger partial charge in [0.2, 0.25) is 11.7 Å². The zero-order chi connectivity index (χ0) is 25.3. The Labute approximate surface area is 202 Å². The smallest absolute Gasteiger partial charge is 0.351 e. The largest absolute Gasteiger partial charge is 0.493 e. The molecule has 184 valence electrons. The van der Waals surface area contributed by atoms with E-state index >= 15 is 0 Å². The summed E-state index contributed by atoms with van der Waals surface area (Å²) in [6.07, 6.45) is 1.20. The molecule has 0 unspecified atom stereocenters. The molecule has 1 aliphatic heterocycles. The van der Waals surface area contributed by atoms with Crippen molar-refractivity contribution in [3.63, 3.8) is 0 Å². The number of rotatable bonds is 6. The highest BCUT2D eigenvalue weighted by Gasteiger charge is 2.32. The molecule has 9 nitrogen and oxygen atoms in total. The molecule has 35 heavy (non-hydrogen) atoms. The average molecular weight is 482 g/mol. The number of furan rings is 1. The van der Waals surface area contributed by atoms with Gasteiger partial charge in [0, 0.05) is 18.1 Å². The summed E-state index contributed by atoms with van der Waals surface area (Å²) in [4.78, 5) is 37.3. The van der Waals surface area contributed by atoms with Crippen molar-refractivity contribution in [1.82, 2.24) is 5.32 Å². The molecule has 1 aromatic carbocycles. The molecule has 1 heterocycles. The molecule has 0 bridgehead atoms. The van der Waals surface area contributed by atoms with E-state index in [9.17, 15) is 14.4 Å². The third-order valence-electron chi connectivity index (χ3n) is 6.07. The molecule has 1 N–H and O–H groups in total. The number of ether oxygens (including phenoxy) is 4. The highest BCUT2D eigenvalue weighted by Crippen LogP contribution is 2.51. The van der Waals surface area contributed by atoms with Crippen LogP contribution in [0.5, 0.6) is 17.2 Å². The van der Waals surface area contributed by atoms with Gasteiger partial charge in [0.1, 0.15) is 5.76 Å². The number of carbonyl (C=O) groups excluding carboxylic acids is 2. The van der Waals surface area contributed by atoms with Crippen LogP contribution in [0, 0.1) is 0 Å². The van der Waals surface area contributed by atoms with Crippen LogP contribution in [0.2, 0.25) is 0 Å². The summed E-state index contributed by atoms with van der Waals surface area (Å²) >= 11 is 0. The van der Waals surface area contributed by atoms with Gasteiger partial charge in [-0.25, -0.2) is 9.59 Å². The molecule has 9 heteroatoms. The number of hydrogen-bond donors (Lipinski definition) is 1. The monoisotopic (exact) mass is 481 g/mol. The van der Waals surface area contributed by atoms with Crippen LogP contribution in [0.1, 0.15) is 47.8 Å². The number of carbonyl (C=O) groups is 2. The van der Waals surface area contributed by atoms with E-state index in [2.05, 4.69) is 5.32 Å². The first-order valence-electron chi connectivity index (χ1n) is 11.2. The lowest BCUT2D eigenvalue weighted by molar-refractivity contribution is -0.119. The summed E-state index contributed by atoms with van der Waals surface area (Å²) in [7, 11) is 4.60. The van der Waals surface area contributed by atoms with Crippen LogP contribution in [0.4, 0.5) is 0 Å². The Balaban J connectivity index is 2.12. The lowest BCUT2D eigenvalue weighted by atomic mass is 9.94. The maximum Gasteiger partial charge on any atom is 0.351 e. The van der Waals surface area contributed by atoms with E-state index in [0.717, 1.165) is 11.1 Å². The Hall–Kier alpha value is -4.01. The molecule has 1 atom stereocenters. The maximum absolute atomic E-state index is 12.6. The van der Waals surface area contributed by atoms with Crippen LogP contribution in [-0.2, 0) is 16.0 Å². The second-order valence-electron chi connectivity index (χ2n) is 8.08. The standard InChI is InChI=1S/C26H27NO8/c1-6-34-25(29)22-17-12-16-15(8-10-19(17)35-26(22)30)18(27-13(2)28)9-7-14-11-20(31-3)23(32-4)24(33-5)21(14)16/h8,10-12,18H,6-7,9H2,1-5H3,(H,27,28)/t18-/m0/s1. The molecule has 4 rings (SSSR count). The van der Waals surface area contributed by atoms with Crippen LogP contribution in [0.25, 0.3) is 22.5 Å². The number of aryl methyl sites for hydroxylation is 1. The third-order valence-corrected chi connectivity index (χ3v) is 6.07. The van der Waals surface area contributed by atoms with Crippen molar-refractivity contribution in [1.29, 1.82) is 0 Å². The van der Waals surface area contributed by atoms with Crippen molar-refractivity contribution in [2.24, 2.45) is 0 Å². The molecule has 0 aromatic heterocycles. The first-order chi connectivity index (χ1) is 16.8. The van der Waals surface area contributed by atoms with Gasteiger partial charge in [-0.2, -0.15) is 0 Å². The minimum absolute atomic E-state index is 0.111. The van der Waals surface area contributed by atoms with E-state index in [1.165, 1.54) is 21.1 Å². The molecular weight excluding hydrogens is 454 g/mol. The van der Waals surface area contributed by atoms with E-state index in [0.29, 0.717) is 46.8 Å². The van der Waals surface area contributed by atoms with E-state index < -0.39 is 11.6 Å². The molecule has 0 spiro atoms. The molecule has 0 saturated carbocycles. The molecular formula is C26H27NO8. The second-order valence-corrected chi connectivity index (χ2v) is 8.08. The van der Waals surface area contributed by atoms with Crippen molar-refractivity contribution in [2.45, 2.75) is 32.7 Å². The minimum Gasteiger partial charge on any atom is -0.493 e. The molecule has 0 fully saturated rings. The topological polar surface area (TPSA) is 113 Å². The number of esters is 1. The van der Waals surface area contributed by atoms with Crippen LogP contribution in [0.15, 0.2) is 33.5 Å². The van der Waals surface area contributed by atoms with E-state index in [1.54, 1.807) is 32.2 Å². The van der Waals surface area contributed by atoms with Crippen LogP contribution in [-0.4, -0.2) is 39.8 Å². The van der Waals surface area contributed by atoms with Gasteiger partial charge in [-0.3, -0.25) is 4.79 Å². The Bertz CT molecular complexity index is 1330. The second kappa shape index (κ2) is 9.69. The molecule has 0 saturated heterocycles. The summed E-state index contributed by atoms with van der Waals surface area (Å²) in [6, 6.07) is 6.68. The number of amides is 1. The van der Waals surface area contributed by atoms with Crippen molar-refractivity contribution >= 4 is 11.9 Å². The number of nitrogens with one attached hydrogen (secondary N) is 1. The Morgan fingerprint density at radius 1 is 1.06 bits per heavy atom. The van der Waals surface area contributed by atoms with Crippen molar-refractivity contribution in [3.05, 3.63) is 51.4 Å². The Morgan fingerprint density at radius 3 is 2.43 bits per heavy atom. The number of methoxy groups -OCH3 is 3. The first kappa shape index (κ1) is 24.1. The molecule has 1 aromatic rings. The van der Waals surface area contributed by atoms with E-state index in [-0.39, 0.29) is 29.9 Å². The van der Waals surface area contributed by atoms with Crippen molar-refractivity contribution in [3.8, 4) is 39.7 Å². The fourth-order valence-corrected chi connectivity index (χ4v) is 4.66. The molecule has 3 aliphatic rings. The van der Waals surface area contributed by atoms with Crippen LogP contribution in [0.3, 0.4) is 0 Å². The van der Waals surface area contributed by atoms with E-state index in [1.807, 2.05) is 6.07 Å². The number of benzene rings is 1. The predicted octanol–water partition coefficient (Wildman–Crippen LogP) is 3.74. The zero-order valence-corrected chi connectivity index (χ0v) is 20.3. The molecule has 0 radical (unpaired) electrons. The number of hydrogen-bond acceptors (Lipinski definition) is 8. The lowest BCUT2D eigenvalue weighted by Gasteiger charge is -2.20. The predicted molar refractivity (Wildman–Crippen MR) is 128 cm³/mol. The normalized spacial score (nSPS) is 14.4. The molecule has 2 aliphatic carbocycles. The van der Waals surface area contributed by atoms with Gasteiger partial charge in [0.25, 0.3) is 0 Å². The Morgan fingerprint density at radius 2 is 1.80 bits per heavy atom. The fourth-order valence-electron chi connectivity index (χ4n) is 4.66. The van der Waals surface area contributed by atoms with Gasteiger partial charge in [-0.1, -0.05) is 6.07 Å². The minimum atomic E-state index is -0.773. The Kier molecular flexibility index (Phi) is 6.68. The highest BCUT2D eigenvalue weighted by molar-refractivity contribution is 5.98. The van der Waals surface area contributed by atoms with Gasteiger partial charge in [-0.05, 0) is 54.7 Å². The van der Waals surface area contributed by atoms with Crippen molar-refractivity contribution in [2.75, 3.05) is 27.9 Å². The van der Waals surface area contributed by atoms with Crippen molar-refractivity contribution < 1.29 is 33.0 Å². The SMILES string of the molecule is CCOC(=O)c1c2cc3c(ccc-2oc1=O)[C@@H](NC(C)=O)CCc1cc(OC)c(OC)c(OC)c1-3. The summed E-state index contributed by atoms with van der Waals surface area (Å²) in [5.41, 5.74) is 2.41. The van der Waals surface area contributed by atoms with Gasteiger partial charge in [0.05, 0.1) is 34.0 Å². The van der Waals surface area contributed by atoms with Gasteiger partial charge >= 0.3 is 11.6 Å². The van der Waals surface area contributed by atoms with Crippen LogP contribution >= 0.6 is 0 Å². The molecule has 1 amide bonds. The quantitative estimate of drug-likeness (QED) is 0.530.